The van der Waals surface area contributed by atoms with Gasteiger partial charge < -0.3 is 14.8 Å². The van der Waals surface area contributed by atoms with Gasteiger partial charge in [-0.3, -0.25) is 4.90 Å². The molecule has 4 heteroatoms. The van der Waals surface area contributed by atoms with E-state index in [2.05, 4.69) is 24.1 Å². The average molecular weight is 216 g/mol. The van der Waals surface area contributed by atoms with E-state index >= 15 is 0 Å². The highest BCUT2D eigenvalue weighted by atomic mass is 16.5. The fraction of sp³-hybridized carbons (Fsp3) is 1.00. The van der Waals surface area contributed by atoms with Crippen LogP contribution in [0, 0.1) is 0 Å². The number of hydrogen-bond donors (Lipinski definition) is 1. The molecule has 0 amide bonds. The first-order valence-electron chi connectivity index (χ1n) is 5.65. The summed E-state index contributed by atoms with van der Waals surface area (Å²) >= 11 is 0. The lowest BCUT2D eigenvalue weighted by molar-refractivity contribution is 0.0514. The van der Waals surface area contributed by atoms with Crippen LogP contribution in [0.25, 0.3) is 0 Å². The van der Waals surface area contributed by atoms with Gasteiger partial charge in [-0.05, 0) is 13.8 Å². The topological polar surface area (TPSA) is 33.7 Å². The van der Waals surface area contributed by atoms with Crippen LogP contribution in [-0.4, -0.2) is 63.5 Å². The van der Waals surface area contributed by atoms with Gasteiger partial charge in [0.2, 0.25) is 0 Å². The summed E-state index contributed by atoms with van der Waals surface area (Å²) in [4.78, 5) is 2.48. The molecule has 1 saturated heterocycles. The van der Waals surface area contributed by atoms with Crippen molar-refractivity contribution in [2.24, 2.45) is 0 Å². The van der Waals surface area contributed by atoms with Crippen LogP contribution in [0.2, 0.25) is 0 Å². The summed E-state index contributed by atoms with van der Waals surface area (Å²) in [5.41, 5.74) is 0. The summed E-state index contributed by atoms with van der Waals surface area (Å²) in [6.07, 6.45) is 0. The quantitative estimate of drug-likeness (QED) is 0.718. The average Bonchev–Trinajstić information content (AvgIpc) is 2.18. The Hall–Kier alpha value is -0.160. The Balaban J connectivity index is 2.48. The minimum absolute atomic E-state index is 0.422. The number of methoxy groups -OCH3 is 2. The summed E-state index contributed by atoms with van der Waals surface area (Å²) in [6, 6.07) is 1.43. The maximum absolute atomic E-state index is 5.21. The third kappa shape index (κ3) is 4.07. The lowest BCUT2D eigenvalue weighted by atomic mass is 10.1. The van der Waals surface area contributed by atoms with Crippen molar-refractivity contribution in [1.29, 1.82) is 0 Å². The highest BCUT2D eigenvalue weighted by molar-refractivity contribution is 4.87. The van der Waals surface area contributed by atoms with E-state index in [1.165, 1.54) is 0 Å². The molecule has 1 N–H and O–H groups in total. The number of rotatable bonds is 5. The van der Waals surface area contributed by atoms with E-state index in [0.717, 1.165) is 26.3 Å². The molecule has 1 heterocycles. The molecule has 0 bridgehead atoms. The molecule has 0 aliphatic carbocycles. The van der Waals surface area contributed by atoms with Crippen LogP contribution in [0.4, 0.5) is 0 Å². The molecule has 0 aromatic rings. The normalized spacial score (nSPS) is 28.6. The summed E-state index contributed by atoms with van der Waals surface area (Å²) in [6.45, 7) is 8.13. The fourth-order valence-corrected chi connectivity index (χ4v) is 2.11. The van der Waals surface area contributed by atoms with Crippen molar-refractivity contribution in [3.8, 4) is 0 Å². The van der Waals surface area contributed by atoms with E-state index in [9.17, 15) is 0 Å². The van der Waals surface area contributed by atoms with Gasteiger partial charge in [-0.15, -0.1) is 0 Å². The zero-order valence-electron chi connectivity index (χ0n) is 10.3. The van der Waals surface area contributed by atoms with Crippen molar-refractivity contribution in [1.82, 2.24) is 10.2 Å². The summed E-state index contributed by atoms with van der Waals surface area (Å²) in [5.74, 6) is 0. The highest BCUT2D eigenvalue weighted by Crippen LogP contribution is 2.09. The molecular formula is C11H24N2O2. The van der Waals surface area contributed by atoms with E-state index in [0.29, 0.717) is 18.1 Å². The number of nitrogens with zero attached hydrogens (tertiary/aromatic N) is 1. The van der Waals surface area contributed by atoms with Crippen molar-refractivity contribution in [3.63, 3.8) is 0 Å². The Morgan fingerprint density at radius 3 is 1.93 bits per heavy atom. The molecule has 2 atom stereocenters. The Morgan fingerprint density at radius 1 is 1.13 bits per heavy atom. The van der Waals surface area contributed by atoms with Gasteiger partial charge >= 0.3 is 0 Å². The molecule has 1 aliphatic heterocycles. The second-order valence-corrected chi connectivity index (χ2v) is 4.52. The van der Waals surface area contributed by atoms with Crippen LogP contribution >= 0.6 is 0 Å². The van der Waals surface area contributed by atoms with Gasteiger partial charge in [-0.25, -0.2) is 0 Å². The SMILES string of the molecule is COC[C@@H]1CN(C(C)C)C[C@H](COC)N1. The monoisotopic (exact) mass is 216 g/mol. The number of nitrogens with one attached hydrogen (secondary N) is 1. The standard InChI is InChI=1S/C11H24N2O2/c1-9(2)13-5-10(7-14-3)12-11(6-13)8-15-4/h9-12H,5-8H2,1-4H3/t10-,11+. The molecule has 1 rings (SSSR count). The van der Waals surface area contributed by atoms with Gasteiger partial charge in [-0.1, -0.05) is 0 Å². The van der Waals surface area contributed by atoms with Crippen LogP contribution in [0.1, 0.15) is 13.8 Å². The second-order valence-electron chi connectivity index (χ2n) is 4.52. The Labute approximate surface area is 92.9 Å². The zero-order chi connectivity index (χ0) is 11.3. The van der Waals surface area contributed by atoms with Crippen LogP contribution in [0.3, 0.4) is 0 Å². The Kier molecular flexibility index (Phi) is 5.53. The van der Waals surface area contributed by atoms with Crippen molar-refractivity contribution >= 4 is 0 Å². The number of hydrogen-bond acceptors (Lipinski definition) is 4. The van der Waals surface area contributed by atoms with Gasteiger partial charge in [0.25, 0.3) is 0 Å². The lowest BCUT2D eigenvalue weighted by Crippen LogP contribution is -2.60. The Bertz CT molecular complexity index is 162. The van der Waals surface area contributed by atoms with Crippen molar-refractivity contribution in [2.75, 3.05) is 40.5 Å². The zero-order valence-corrected chi connectivity index (χ0v) is 10.3. The maximum Gasteiger partial charge on any atom is 0.0628 e. The van der Waals surface area contributed by atoms with E-state index in [-0.39, 0.29) is 0 Å². The van der Waals surface area contributed by atoms with E-state index < -0.39 is 0 Å². The first-order chi connectivity index (χ1) is 7.17. The number of ether oxygens (including phenoxy) is 2. The minimum atomic E-state index is 0.422. The largest absolute Gasteiger partial charge is 0.383 e. The van der Waals surface area contributed by atoms with Crippen LogP contribution in [-0.2, 0) is 9.47 Å². The molecule has 1 fully saturated rings. The molecule has 0 saturated carbocycles. The molecule has 0 radical (unpaired) electrons. The van der Waals surface area contributed by atoms with E-state index in [1.54, 1.807) is 14.2 Å². The molecule has 0 spiro atoms. The molecule has 0 unspecified atom stereocenters. The van der Waals surface area contributed by atoms with Gasteiger partial charge in [-0.2, -0.15) is 0 Å². The molecule has 4 nitrogen and oxygen atoms in total. The Morgan fingerprint density at radius 2 is 1.60 bits per heavy atom. The van der Waals surface area contributed by atoms with Crippen LogP contribution < -0.4 is 5.32 Å². The third-order valence-electron chi connectivity index (χ3n) is 2.85. The van der Waals surface area contributed by atoms with Crippen molar-refractivity contribution < 1.29 is 9.47 Å². The fourth-order valence-electron chi connectivity index (χ4n) is 2.11. The highest BCUT2D eigenvalue weighted by Gasteiger charge is 2.27. The molecule has 90 valence electrons. The van der Waals surface area contributed by atoms with Gasteiger partial charge in [0.1, 0.15) is 0 Å². The van der Waals surface area contributed by atoms with Gasteiger partial charge in [0.15, 0.2) is 0 Å². The minimum Gasteiger partial charge on any atom is -0.383 e. The molecule has 0 aromatic heterocycles. The van der Waals surface area contributed by atoms with Crippen LogP contribution in [0.5, 0.6) is 0 Å². The van der Waals surface area contributed by atoms with Crippen LogP contribution in [0.15, 0.2) is 0 Å². The lowest BCUT2D eigenvalue weighted by Gasteiger charge is -2.40. The predicted molar refractivity (Wildman–Crippen MR) is 61.2 cm³/mol. The summed E-state index contributed by atoms with van der Waals surface area (Å²) in [5, 5.41) is 3.55. The van der Waals surface area contributed by atoms with Crippen molar-refractivity contribution in [3.05, 3.63) is 0 Å². The van der Waals surface area contributed by atoms with E-state index in [1.807, 2.05) is 0 Å². The molecule has 1 aliphatic rings. The first-order valence-corrected chi connectivity index (χ1v) is 5.65. The molecule has 15 heavy (non-hydrogen) atoms. The summed E-state index contributed by atoms with van der Waals surface area (Å²) < 4.78 is 10.4. The predicted octanol–water partition coefficient (Wildman–Crippen LogP) is 0.330. The van der Waals surface area contributed by atoms with Crippen molar-refractivity contribution in [2.45, 2.75) is 32.0 Å². The maximum atomic E-state index is 5.21. The smallest absolute Gasteiger partial charge is 0.0628 e. The first kappa shape index (κ1) is 12.9. The second kappa shape index (κ2) is 6.43. The molecule has 0 aromatic carbocycles. The van der Waals surface area contributed by atoms with Gasteiger partial charge in [0.05, 0.1) is 13.2 Å². The summed E-state index contributed by atoms with van der Waals surface area (Å²) in [7, 11) is 3.50. The van der Waals surface area contributed by atoms with Gasteiger partial charge in [0, 0.05) is 45.4 Å². The van der Waals surface area contributed by atoms with E-state index in [4.69, 9.17) is 9.47 Å². The third-order valence-corrected chi connectivity index (χ3v) is 2.85. The molecular weight excluding hydrogens is 192 g/mol. The number of piperazine rings is 1.